The van der Waals surface area contributed by atoms with Crippen LogP contribution in [-0.4, -0.2) is 30.6 Å². The maximum Gasteiger partial charge on any atom is 0.333 e. The standard InChI is InChI=1S/C27H26O6/c1-14(2)23(28)32-16(4)13-31-27-19-9-7-6-8-17(19)21(18-11-10-15(3)12-20(18)27)22-24(29)33-25(30)26(22,27)5/h6-12,16,21-22H,1,13H2,2-5H3. The Kier molecular flexibility index (Phi) is 4.66. The van der Waals surface area contributed by atoms with Crippen molar-refractivity contribution in [3.8, 4) is 0 Å². The van der Waals surface area contributed by atoms with Gasteiger partial charge in [-0.2, -0.15) is 0 Å². The molecule has 33 heavy (non-hydrogen) atoms. The molecule has 170 valence electrons. The van der Waals surface area contributed by atoms with Crippen molar-refractivity contribution in [3.63, 3.8) is 0 Å². The molecule has 5 unspecified atom stereocenters. The summed E-state index contributed by atoms with van der Waals surface area (Å²) in [5, 5.41) is 0. The average molecular weight is 446 g/mol. The maximum atomic E-state index is 13.3. The predicted octanol–water partition coefficient (Wildman–Crippen LogP) is 3.93. The average Bonchev–Trinajstić information content (AvgIpc) is 3.01. The number of ether oxygens (including phenoxy) is 3. The first kappa shape index (κ1) is 21.6. The van der Waals surface area contributed by atoms with Crippen LogP contribution in [0.2, 0.25) is 0 Å². The molecule has 0 N–H and O–H groups in total. The number of esters is 3. The van der Waals surface area contributed by atoms with Crippen LogP contribution in [0.25, 0.3) is 0 Å². The molecule has 1 fully saturated rings. The second-order valence-electron chi connectivity index (χ2n) is 9.53. The summed E-state index contributed by atoms with van der Waals surface area (Å²) >= 11 is 0. The minimum Gasteiger partial charge on any atom is -0.457 e. The molecule has 1 saturated heterocycles. The molecule has 2 bridgehead atoms. The number of rotatable bonds is 5. The van der Waals surface area contributed by atoms with E-state index in [1.807, 2.05) is 49.4 Å². The van der Waals surface area contributed by atoms with E-state index in [-0.39, 0.29) is 12.5 Å². The molecule has 0 spiro atoms. The first-order valence-corrected chi connectivity index (χ1v) is 11.1. The third kappa shape index (κ3) is 2.67. The Morgan fingerprint density at radius 3 is 2.58 bits per heavy atom. The molecule has 3 aliphatic carbocycles. The molecule has 0 saturated carbocycles. The normalized spacial score (nSPS) is 29.6. The number of carbonyl (C=O) groups is 3. The lowest BCUT2D eigenvalue weighted by Gasteiger charge is -2.58. The first-order chi connectivity index (χ1) is 15.6. The van der Waals surface area contributed by atoms with E-state index < -0.39 is 40.9 Å². The summed E-state index contributed by atoms with van der Waals surface area (Å²) in [6, 6.07) is 13.8. The fourth-order valence-electron chi connectivity index (χ4n) is 5.89. The minimum absolute atomic E-state index is 0.0230. The molecule has 1 heterocycles. The van der Waals surface area contributed by atoms with Crippen molar-refractivity contribution in [3.05, 3.63) is 82.4 Å². The third-order valence-electron chi connectivity index (χ3n) is 7.35. The summed E-state index contributed by atoms with van der Waals surface area (Å²) in [5.74, 6) is -2.63. The van der Waals surface area contributed by atoms with Crippen molar-refractivity contribution < 1.29 is 28.6 Å². The van der Waals surface area contributed by atoms with Crippen LogP contribution < -0.4 is 0 Å². The second-order valence-corrected chi connectivity index (χ2v) is 9.53. The highest BCUT2D eigenvalue weighted by atomic mass is 16.6. The zero-order valence-corrected chi connectivity index (χ0v) is 19.1. The van der Waals surface area contributed by atoms with Gasteiger partial charge in [0.05, 0.1) is 12.5 Å². The monoisotopic (exact) mass is 446 g/mol. The number of hydrogen-bond donors (Lipinski definition) is 0. The van der Waals surface area contributed by atoms with Crippen LogP contribution in [0.3, 0.4) is 0 Å². The highest BCUT2D eigenvalue weighted by Gasteiger charge is 2.75. The maximum absolute atomic E-state index is 13.3. The van der Waals surface area contributed by atoms with Crippen molar-refractivity contribution in [2.45, 2.75) is 45.3 Å². The van der Waals surface area contributed by atoms with E-state index in [1.54, 1.807) is 20.8 Å². The van der Waals surface area contributed by atoms with Crippen LogP contribution in [0.15, 0.2) is 54.6 Å². The van der Waals surface area contributed by atoms with E-state index in [9.17, 15) is 14.4 Å². The lowest BCUT2D eigenvalue weighted by molar-refractivity contribution is -0.183. The molecule has 0 amide bonds. The van der Waals surface area contributed by atoms with E-state index in [0.717, 1.165) is 27.8 Å². The molecule has 6 heteroatoms. The highest BCUT2D eigenvalue weighted by Crippen LogP contribution is 2.69. The van der Waals surface area contributed by atoms with Gasteiger partial charge in [-0.15, -0.1) is 0 Å². The lowest BCUT2D eigenvalue weighted by Crippen LogP contribution is -2.62. The van der Waals surface area contributed by atoms with Gasteiger partial charge >= 0.3 is 17.9 Å². The quantitative estimate of drug-likeness (QED) is 0.393. The molecule has 0 aromatic heterocycles. The van der Waals surface area contributed by atoms with Gasteiger partial charge in [0.1, 0.15) is 17.1 Å². The van der Waals surface area contributed by atoms with Gasteiger partial charge in [-0.05, 0) is 49.9 Å². The Hall–Kier alpha value is -3.25. The summed E-state index contributed by atoms with van der Waals surface area (Å²) < 4.78 is 17.4. The molecule has 2 aromatic carbocycles. The number of aryl methyl sites for hydroxylation is 1. The van der Waals surface area contributed by atoms with E-state index in [4.69, 9.17) is 14.2 Å². The number of hydrogen-bond acceptors (Lipinski definition) is 6. The van der Waals surface area contributed by atoms with Gasteiger partial charge in [-0.25, -0.2) is 4.79 Å². The lowest BCUT2D eigenvalue weighted by atomic mass is 9.46. The Bertz CT molecular complexity index is 1230. The van der Waals surface area contributed by atoms with Crippen molar-refractivity contribution in [2.75, 3.05) is 6.61 Å². The summed E-state index contributed by atoms with van der Waals surface area (Å²) in [7, 11) is 0. The minimum atomic E-state index is -1.27. The van der Waals surface area contributed by atoms with E-state index in [1.165, 1.54) is 0 Å². The van der Waals surface area contributed by atoms with E-state index >= 15 is 0 Å². The molecule has 6 rings (SSSR count). The van der Waals surface area contributed by atoms with Crippen LogP contribution in [0.1, 0.15) is 54.5 Å². The van der Waals surface area contributed by atoms with Crippen LogP contribution in [-0.2, 0) is 34.2 Å². The van der Waals surface area contributed by atoms with Gasteiger partial charge in [0.2, 0.25) is 0 Å². The fourth-order valence-corrected chi connectivity index (χ4v) is 5.89. The molecular formula is C27H26O6. The van der Waals surface area contributed by atoms with Gasteiger partial charge in [0.15, 0.2) is 0 Å². The fraction of sp³-hybridized carbons (Fsp3) is 0.370. The van der Waals surface area contributed by atoms with Gasteiger partial charge in [0.25, 0.3) is 0 Å². The summed E-state index contributed by atoms with van der Waals surface area (Å²) in [4.78, 5) is 38.4. The molecule has 4 aliphatic rings. The number of carbonyl (C=O) groups excluding carboxylic acids is 3. The summed E-state index contributed by atoms with van der Waals surface area (Å²) in [6.45, 7) is 10.7. The molecule has 1 aliphatic heterocycles. The number of cyclic esters (lactones) is 2. The zero-order valence-electron chi connectivity index (χ0n) is 19.1. The van der Waals surface area contributed by atoms with Crippen molar-refractivity contribution in [1.29, 1.82) is 0 Å². The molecule has 2 aromatic rings. The Balaban J connectivity index is 1.72. The second kappa shape index (κ2) is 7.12. The Morgan fingerprint density at radius 1 is 1.15 bits per heavy atom. The van der Waals surface area contributed by atoms with Crippen LogP contribution in [0.4, 0.5) is 0 Å². The zero-order chi connectivity index (χ0) is 23.7. The van der Waals surface area contributed by atoms with Gasteiger partial charge in [-0.1, -0.05) is 54.6 Å². The topological polar surface area (TPSA) is 78.9 Å². The Labute approximate surface area is 192 Å². The van der Waals surface area contributed by atoms with Crippen LogP contribution in [0, 0.1) is 18.3 Å². The third-order valence-corrected chi connectivity index (χ3v) is 7.35. The van der Waals surface area contributed by atoms with Gasteiger partial charge < -0.3 is 14.2 Å². The predicted molar refractivity (Wildman–Crippen MR) is 119 cm³/mol. The largest absolute Gasteiger partial charge is 0.457 e. The van der Waals surface area contributed by atoms with Crippen molar-refractivity contribution in [2.24, 2.45) is 11.3 Å². The number of benzene rings is 2. The summed E-state index contributed by atoms with van der Waals surface area (Å²) in [6.07, 6.45) is -0.598. The molecule has 5 atom stereocenters. The molecule has 6 nitrogen and oxygen atoms in total. The van der Waals surface area contributed by atoms with Crippen molar-refractivity contribution in [1.82, 2.24) is 0 Å². The highest BCUT2D eigenvalue weighted by molar-refractivity contribution is 6.03. The Morgan fingerprint density at radius 2 is 1.85 bits per heavy atom. The van der Waals surface area contributed by atoms with Gasteiger partial charge in [-0.3, -0.25) is 9.59 Å². The molecular weight excluding hydrogens is 420 g/mol. The smallest absolute Gasteiger partial charge is 0.333 e. The van der Waals surface area contributed by atoms with Crippen LogP contribution >= 0.6 is 0 Å². The first-order valence-electron chi connectivity index (χ1n) is 11.1. The van der Waals surface area contributed by atoms with Crippen molar-refractivity contribution >= 4 is 17.9 Å². The summed E-state index contributed by atoms with van der Waals surface area (Å²) in [5.41, 5.74) is 2.39. The van der Waals surface area contributed by atoms with E-state index in [2.05, 4.69) is 6.58 Å². The van der Waals surface area contributed by atoms with Crippen LogP contribution in [0.5, 0.6) is 0 Å². The van der Waals surface area contributed by atoms with Gasteiger partial charge in [0, 0.05) is 11.5 Å². The molecule has 0 radical (unpaired) electrons. The SMILES string of the molecule is C=C(C)C(=O)OC(C)COC12c3ccccc3C(c3ccc(C)cc31)C1C(=O)OC(=O)C12C. The van der Waals surface area contributed by atoms with E-state index in [0.29, 0.717) is 5.57 Å².